The van der Waals surface area contributed by atoms with E-state index >= 15 is 0 Å². The molecule has 0 unspecified atom stereocenters. The van der Waals surface area contributed by atoms with Gasteiger partial charge in [0.25, 0.3) is 0 Å². The molecule has 0 bridgehead atoms. The molecule has 2 nitrogen and oxygen atoms in total. The van der Waals surface area contributed by atoms with E-state index in [1.165, 1.54) is 12.1 Å². The standard InChI is InChI=1S/C11H14ClFO2/c1-2-5-14-6-7-15-9-3-4-10(12)11(13)8-9/h3-4,8H,2,5-7H2,1H3. The molecule has 4 heteroatoms. The van der Waals surface area contributed by atoms with E-state index in [2.05, 4.69) is 0 Å². The van der Waals surface area contributed by atoms with E-state index in [0.29, 0.717) is 19.0 Å². The fraction of sp³-hybridized carbons (Fsp3) is 0.455. The van der Waals surface area contributed by atoms with E-state index in [1.54, 1.807) is 6.07 Å². The van der Waals surface area contributed by atoms with E-state index in [4.69, 9.17) is 21.1 Å². The summed E-state index contributed by atoms with van der Waals surface area (Å²) in [7, 11) is 0. The predicted octanol–water partition coefficient (Wildman–Crippen LogP) is 3.28. The third-order valence-corrected chi connectivity index (χ3v) is 2.04. The largest absolute Gasteiger partial charge is 0.491 e. The second-order valence-corrected chi connectivity index (χ2v) is 3.44. The van der Waals surface area contributed by atoms with Crippen molar-refractivity contribution in [1.29, 1.82) is 0 Å². The first kappa shape index (κ1) is 12.3. The maximum atomic E-state index is 13.0. The van der Waals surface area contributed by atoms with Crippen LogP contribution in [0.15, 0.2) is 18.2 Å². The van der Waals surface area contributed by atoms with E-state index in [1.807, 2.05) is 6.92 Å². The van der Waals surface area contributed by atoms with Crippen molar-refractivity contribution in [3.05, 3.63) is 29.0 Å². The maximum Gasteiger partial charge on any atom is 0.145 e. The van der Waals surface area contributed by atoms with Crippen LogP contribution in [0.4, 0.5) is 4.39 Å². The monoisotopic (exact) mass is 232 g/mol. The van der Waals surface area contributed by atoms with Crippen LogP contribution in [0.1, 0.15) is 13.3 Å². The van der Waals surface area contributed by atoms with Crippen LogP contribution in [0.25, 0.3) is 0 Å². The highest BCUT2D eigenvalue weighted by Gasteiger charge is 2.01. The maximum absolute atomic E-state index is 13.0. The Labute approximate surface area is 94.0 Å². The summed E-state index contributed by atoms with van der Waals surface area (Å²) >= 11 is 5.53. The second-order valence-electron chi connectivity index (χ2n) is 3.04. The SMILES string of the molecule is CCCOCCOc1ccc(Cl)c(F)c1. The lowest BCUT2D eigenvalue weighted by Crippen LogP contribution is -2.07. The molecule has 1 aromatic rings. The first-order valence-electron chi connectivity index (χ1n) is 4.89. The molecule has 0 heterocycles. The molecule has 0 aliphatic carbocycles. The average Bonchev–Trinajstić information content (AvgIpc) is 2.23. The molecule has 0 N–H and O–H groups in total. The van der Waals surface area contributed by atoms with Crippen LogP contribution in [0.5, 0.6) is 5.75 Å². The number of rotatable bonds is 6. The highest BCUT2D eigenvalue weighted by molar-refractivity contribution is 6.30. The van der Waals surface area contributed by atoms with Gasteiger partial charge in [0.1, 0.15) is 18.2 Å². The number of hydrogen-bond donors (Lipinski definition) is 0. The molecule has 1 aromatic carbocycles. The Morgan fingerprint density at radius 1 is 1.27 bits per heavy atom. The molecule has 0 saturated carbocycles. The van der Waals surface area contributed by atoms with Crippen molar-refractivity contribution in [2.75, 3.05) is 19.8 Å². The molecule has 0 aliphatic rings. The van der Waals surface area contributed by atoms with Gasteiger partial charge < -0.3 is 9.47 Å². The van der Waals surface area contributed by atoms with Crippen LogP contribution in [0.3, 0.4) is 0 Å². The molecule has 0 saturated heterocycles. The fourth-order valence-electron chi connectivity index (χ4n) is 1.03. The van der Waals surface area contributed by atoms with Crippen LogP contribution >= 0.6 is 11.6 Å². The normalized spacial score (nSPS) is 10.3. The lowest BCUT2D eigenvalue weighted by Gasteiger charge is -2.06. The Morgan fingerprint density at radius 3 is 2.73 bits per heavy atom. The minimum absolute atomic E-state index is 0.101. The summed E-state index contributed by atoms with van der Waals surface area (Å²) in [6.45, 7) is 3.69. The predicted molar refractivity (Wildman–Crippen MR) is 58.0 cm³/mol. The third-order valence-electron chi connectivity index (χ3n) is 1.74. The highest BCUT2D eigenvalue weighted by atomic mass is 35.5. The van der Waals surface area contributed by atoms with Gasteiger partial charge in [-0.05, 0) is 18.6 Å². The van der Waals surface area contributed by atoms with E-state index in [-0.39, 0.29) is 5.02 Å². The van der Waals surface area contributed by atoms with E-state index in [9.17, 15) is 4.39 Å². The molecule has 0 aromatic heterocycles. The number of halogens is 2. The third kappa shape index (κ3) is 4.49. The Kier molecular flexibility index (Phi) is 5.43. The summed E-state index contributed by atoms with van der Waals surface area (Å²) < 4.78 is 23.4. The molecule has 84 valence electrons. The van der Waals surface area contributed by atoms with Crippen LogP contribution in [0, 0.1) is 5.82 Å². The van der Waals surface area contributed by atoms with Gasteiger partial charge in [-0.25, -0.2) is 4.39 Å². The minimum Gasteiger partial charge on any atom is -0.491 e. The number of hydrogen-bond acceptors (Lipinski definition) is 2. The lowest BCUT2D eigenvalue weighted by atomic mass is 10.3. The van der Waals surface area contributed by atoms with Crippen molar-refractivity contribution in [2.24, 2.45) is 0 Å². The summed E-state index contributed by atoms with van der Waals surface area (Å²) in [5.74, 6) is 0.000594. The number of ether oxygens (including phenoxy) is 2. The molecule has 0 atom stereocenters. The quantitative estimate of drug-likeness (QED) is 0.701. The number of benzene rings is 1. The highest BCUT2D eigenvalue weighted by Crippen LogP contribution is 2.20. The Morgan fingerprint density at radius 2 is 2.07 bits per heavy atom. The van der Waals surface area contributed by atoms with Gasteiger partial charge in [0, 0.05) is 12.7 Å². The van der Waals surface area contributed by atoms with Crippen LogP contribution in [-0.4, -0.2) is 19.8 Å². The van der Waals surface area contributed by atoms with Gasteiger partial charge in [0.2, 0.25) is 0 Å². The molecule has 0 amide bonds. The Hall–Kier alpha value is -0.800. The molecule has 0 aliphatic heterocycles. The molecule has 0 fully saturated rings. The van der Waals surface area contributed by atoms with Crippen molar-refractivity contribution >= 4 is 11.6 Å². The molecule has 0 spiro atoms. The molecule has 1 rings (SSSR count). The Bertz CT molecular complexity index is 305. The van der Waals surface area contributed by atoms with Gasteiger partial charge in [0.15, 0.2) is 0 Å². The van der Waals surface area contributed by atoms with Crippen molar-refractivity contribution in [2.45, 2.75) is 13.3 Å². The van der Waals surface area contributed by atoms with Gasteiger partial charge in [-0.1, -0.05) is 18.5 Å². The van der Waals surface area contributed by atoms with Crippen molar-refractivity contribution in [3.63, 3.8) is 0 Å². The minimum atomic E-state index is -0.469. The van der Waals surface area contributed by atoms with Crippen LogP contribution in [0.2, 0.25) is 5.02 Å². The average molecular weight is 233 g/mol. The molecule has 15 heavy (non-hydrogen) atoms. The topological polar surface area (TPSA) is 18.5 Å². The summed E-state index contributed by atoms with van der Waals surface area (Å²) in [4.78, 5) is 0. The van der Waals surface area contributed by atoms with Crippen molar-refractivity contribution in [3.8, 4) is 5.75 Å². The summed E-state index contributed by atoms with van der Waals surface area (Å²) in [5.41, 5.74) is 0. The van der Waals surface area contributed by atoms with Gasteiger partial charge in [-0.15, -0.1) is 0 Å². The summed E-state index contributed by atoms with van der Waals surface area (Å²) in [5, 5.41) is 0.101. The van der Waals surface area contributed by atoms with Gasteiger partial charge in [-0.3, -0.25) is 0 Å². The molecular weight excluding hydrogens is 219 g/mol. The zero-order chi connectivity index (χ0) is 11.1. The summed E-state index contributed by atoms with van der Waals surface area (Å²) in [6.07, 6.45) is 0.982. The zero-order valence-electron chi connectivity index (χ0n) is 8.63. The van der Waals surface area contributed by atoms with Gasteiger partial charge in [0.05, 0.1) is 11.6 Å². The van der Waals surface area contributed by atoms with Gasteiger partial charge in [-0.2, -0.15) is 0 Å². The first-order valence-corrected chi connectivity index (χ1v) is 5.27. The Balaban J connectivity index is 2.28. The van der Waals surface area contributed by atoms with Crippen molar-refractivity contribution < 1.29 is 13.9 Å². The lowest BCUT2D eigenvalue weighted by molar-refractivity contribution is 0.100. The van der Waals surface area contributed by atoms with Crippen LogP contribution in [-0.2, 0) is 4.74 Å². The van der Waals surface area contributed by atoms with E-state index < -0.39 is 5.82 Å². The zero-order valence-corrected chi connectivity index (χ0v) is 9.39. The summed E-state index contributed by atoms with van der Waals surface area (Å²) in [6, 6.07) is 4.37. The first-order chi connectivity index (χ1) is 7.24. The van der Waals surface area contributed by atoms with Crippen molar-refractivity contribution in [1.82, 2.24) is 0 Å². The second kappa shape index (κ2) is 6.64. The molecule has 0 radical (unpaired) electrons. The van der Waals surface area contributed by atoms with Crippen LogP contribution < -0.4 is 4.74 Å². The van der Waals surface area contributed by atoms with Gasteiger partial charge >= 0.3 is 0 Å². The molecular formula is C11H14ClFO2. The van der Waals surface area contributed by atoms with E-state index in [0.717, 1.165) is 13.0 Å². The smallest absolute Gasteiger partial charge is 0.145 e. The fourth-order valence-corrected chi connectivity index (χ4v) is 1.15.